The van der Waals surface area contributed by atoms with Gasteiger partial charge < -0.3 is 20.3 Å². The normalized spacial score (nSPS) is 14.3. The van der Waals surface area contributed by atoms with Gasteiger partial charge in [0.05, 0.1) is 25.2 Å². The van der Waals surface area contributed by atoms with Crippen molar-refractivity contribution in [3.8, 4) is 0 Å². The van der Waals surface area contributed by atoms with Crippen molar-refractivity contribution in [1.82, 2.24) is 5.32 Å². The molecule has 3 atom stereocenters. The van der Waals surface area contributed by atoms with Crippen molar-refractivity contribution in [3.63, 3.8) is 0 Å². The van der Waals surface area contributed by atoms with Gasteiger partial charge in [0.1, 0.15) is 6.10 Å². The van der Waals surface area contributed by atoms with Crippen molar-refractivity contribution in [3.05, 3.63) is 122 Å². The van der Waals surface area contributed by atoms with Crippen LogP contribution in [-0.4, -0.2) is 46.9 Å². The van der Waals surface area contributed by atoms with E-state index < -0.39 is 18.2 Å². The molecule has 0 fully saturated rings. The molecule has 3 N–H and O–H groups in total. The first kappa shape index (κ1) is 60.3. The van der Waals surface area contributed by atoms with Gasteiger partial charge in [-0.15, -0.1) is 0 Å². The maximum atomic E-state index is 13.2. The van der Waals surface area contributed by atoms with E-state index in [-0.39, 0.29) is 24.9 Å². The highest BCUT2D eigenvalue weighted by Gasteiger charge is 2.24. The molecule has 1 amide bonds. The van der Waals surface area contributed by atoms with Crippen LogP contribution in [0, 0.1) is 0 Å². The van der Waals surface area contributed by atoms with E-state index in [4.69, 9.17) is 4.74 Å². The van der Waals surface area contributed by atoms with Crippen molar-refractivity contribution >= 4 is 11.9 Å². The molecule has 64 heavy (non-hydrogen) atoms. The molecular formula is C58H95NO5. The van der Waals surface area contributed by atoms with Crippen LogP contribution in [-0.2, 0) is 14.3 Å². The number of rotatable bonds is 44. The van der Waals surface area contributed by atoms with Crippen molar-refractivity contribution < 1.29 is 24.5 Å². The van der Waals surface area contributed by atoms with Crippen molar-refractivity contribution in [1.29, 1.82) is 0 Å². The maximum absolute atomic E-state index is 13.2. The van der Waals surface area contributed by atoms with Gasteiger partial charge in [0, 0.05) is 6.42 Å². The van der Waals surface area contributed by atoms with Gasteiger partial charge in [-0.25, -0.2) is 0 Å². The second-order valence-corrected chi connectivity index (χ2v) is 17.1. The van der Waals surface area contributed by atoms with E-state index >= 15 is 0 Å². The highest BCUT2D eigenvalue weighted by atomic mass is 16.5. The first-order chi connectivity index (χ1) is 31.5. The van der Waals surface area contributed by atoms with Gasteiger partial charge in [-0.2, -0.15) is 0 Å². The Labute approximate surface area is 393 Å². The zero-order valence-corrected chi connectivity index (χ0v) is 41.1. The van der Waals surface area contributed by atoms with E-state index in [1.807, 2.05) is 91.1 Å². The van der Waals surface area contributed by atoms with E-state index in [1.54, 1.807) is 0 Å². The highest BCUT2D eigenvalue weighted by Crippen LogP contribution is 2.17. The first-order valence-electron chi connectivity index (χ1n) is 25.9. The number of ether oxygens (including phenoxy) is 1. The average molecular weight is 886 g/mol. The quantitative estimate of drug-likeness (QED) is 0.0322. The van der Waals surface area contributed by atoms with E-state index in [2.05, 4.69) is 56.5 Å². The van der Waals surface area contributed by atoms with Crippen LogP contribution in [0.25, 0.3) is 0 Å². The van der Waals surface area contributed by atoms with Gasteiger partial charge in [0.2, 0.25) is 5.91 Å². The number of aliphatic hydroxyl groups is 2. The van der Waals surface area contributed by atoms with Gasteiger partial charge in [0.15, 0.2) is 0 Å². The Morgan fingerprint density at radius 3 is 1.28 bits per heavy atom. The summed E-state index contributed by atoms with van der Waals surface area (Å²) in [5.41, 5.74) is 0. The van der Waals surface area contributed by atoms with Gasteiger partial charge in [-0.3, -0.25) is 9.59 Å². The standard InChI is InChI=1S/C58H95NO5/c1-4-7-10-13-16-19-22-25-27-28-30-33-36-39-42-45-48-51-58(63)64-54(49-46-43-40-37-34-31-24-21-18-15-12-9-6-3)52-57(62)59-55(53-60)56(61)50-47-44-41-38-35-32-29-26-23-20-17-14-11-8-5-2/h7,9-10,12-13,15-16,18-19,21-22,24-25,27-28,30-31,33-34,36,54-56,60-61H,4-6,8,11,14,17,20,23,26,29,32,35,37-53H2,1-3H3,(H,59,62)/b10-7-,12-9+,16-13+,18-15+,22-19+,24-21+,27-25-,30-28+,34-31-,36-33+. The smallest absolute Gasteiger partial charge is 0.306 e. The summed E-state index contributed by atoms with van der Waals surface area (Å²) in [5, 5.41) is 23.8. The number of esters is 1. The second-order valence-electron chi connectivity index (χ2n) is 17.1. The molecule has 0 heterocycles. The Balaban J connectivity index is 4.73. The number of carbonyl (C=O) groups excluding carboxylic acids is 2. The van der Waals surface area contributed by atoms with Crippen LogP contribution in [0.1, 0.15) is 207 Å². The predicted molar refractivity (Wildman–Crippen MR) is 277 cm³/mol. The second kappa shape index (κ2) is 50.3. The summed E-state index contributed by atoms with van der Waals surface area (Å²) in [4.78, 5) is 26.1. The Kier molecular flexibility index (Phi) is 47.3. The molecule has 0 saturated carbocycles. The lowest BCUT2D eigenvalue weighted by Crippen LogP contribution is -2.46. The fourth-order valence-electron chi connectivity index (χ4n) is 7.18. The number of unbranched alkanes of at least 4 members (excludes halogenated alkanes) is 20. The molecule has 0 aliphatic heterocycles. The minimum atomic E-state index is -0.815. The van der Waals surface area contributed by atoms with Crippen molar-refractivity contribution in [2.24, 2.45) is 0 Å². The largest absolute Gasteiger partial charge is 0.462 e. The van der Waals surface area contributed by atoms with Crippen molar-refractivity contribution in [2.75, 3.05) is 6.61 Å². The number of hydrogen-bond acceptors (Lipinski definition) is 5. The maximum Gasteiger partial charge on any atom is 0.306 e. The molecule has 0 radical (unpaired) electrons. The van der Waals surface area contributed by atoms with E-state index in [0.717, 1.165) is 83.5 Å². The van der Waals surface area contributed by atoms with Crippen LogP contribution in [0.15, 0.2) is 122 Å². The highest BCUT2D eigenvalue weighted by molar-refractivity contribution is 5.77. The van der Waals surface area contributed by atoms with E-state index in [9.17, 15) is 19.8 Å². The van der Waals surface area contributed by atoms with Gasteiger partial charge in [-0.05, 0) is 64.2 Å². The number of hydrogen-bond donors (Lipinski definition) is 3. The van der Waals surface area contributed by atoms with Gasteiger partial charge >= 0.3 is 5.97 Å². The fourth-order valence-corrected chi connectivity index (χ4v) is 7.18. The zero-order valence-electron chi connectivity index (χ0n) is 41.1. The van der Waals surface area contributed by atoms with E-state index in [0.29, 0.717) is 19.3 Å². The number of amides is 1. The lowest BCUT2D eigenvalue weighted by Gasteiger charge is -2.24. The molecule has 6 nitrogen and oxygen atoms in total. The lowest BCUT2D eigenvalue weighted by molar-refractivity contribution is -0.151. The summed E-state index contributed by atoms with van der Waals surface area (Å²) in [6, 6.07) is -0.733. The molecule has 0 aromatic carbocycles. The third kappa shape index (κ3) is 44.9. The Morgan fingerprint density at radius 1 is 0.469 bits per heavy atom. The third-order valence-corrected chi connectivity index (χ3v) is 11.0. The third-order valence-electron chi connectivity index (χ3n) is 11.0. The SMILES string of the molecule is CC\C=C/C=C/C=C/C=C\C=C\C=C\CCCCCC(=O)OC(CCCCC\C=C/C=C/C=C/C=C/CC)CC(=O)NC(CO)C(O)CCCCCCCCCCCCCCCCC. The van der Waals surface area contributed by atoms with Crippen LogP contribution in [0.5, 0.6) is 0 Å². The van der Waals surface area contributed by atoms with Crippen LogP contribution >= 0.6 is 0 Å². The van der Waals surface area contributed by atoms with Crippen LogP contribution in [0.3, 0.4) is 0 Å². The molecule has 6 heteroatoms. The summed E-state index contributed by atoms with van der Waals surface area (Å²) in [6.07, 6.45) is 69.7. The monoisotopic (exact) mass is 886 g/mol. The molecule has 0 aromatic rings. The summed E-state index contributed by atoms with van der Waals surface area (Å²) in [5.74, 6) is -0.576. The summed E-state index contributed by atoms with van der Waals surface area (Å²) < 4.78 is 5.89. The minimum absolute atomic E-state index is 0.0249. The van der Waals surface area contributed by atoms with Crippen LogP contribution in [0.4, 0.5) is 0 Å². The number of carbonyl (C=O) groups is 2. The number of nitrogens with one attached hydrogen (secondary N) is 1. The molecule has 362 valence electrons. The van der Waals surface area contributed by atoms with E-state index in [1.165, 1.54) is 77.0 Å². The molecule has 0 spiro atoms. The lowest BCUT2D eigenvalue weighted by atomic mass is 10.0. The Bertz CT molecular complexity index is 1360. The molecule has 0 aliphatic carbocycles. The van der Waals surface area contributed by atoms with Gasteiger partial charge in [0.25, 0.3) is 0 Å². The molecule has 3 unspecified atom stereocenters. The summed E-state index contributed by atoms with van der Waals surface area (Å²) >= 11 is 0. The van der Waals surface area contributed by atoms with Gasteiger partial charge in [-0.1, -0.05) is 251 Å². The predicted octanol–water partition coefficient (Wildman–Crippen LogP) is 15.7. The van der Waals surface area contributed by atoms with Crippen LogP contribution < -0.4 is 5.32 Å². The Morgan fingerprint density at radius 2 is 0.844 bits per heavy atom. The topological polar surface area (TPSA) is 95.9 Å². The molecule has 0 bridgehead atoms. The van der Waals surface area contributed by atoms with Crippen LogP contribution in [0.2, 0.25) is 0 Å². The fraction of sp³-hybridized carbons (Fsp3) is 0.621. The van der Waals surface area contributed by atoms with Crippen molar-refractivity contribution in [2.45, 2.75) is 225 Å². The molecule has 0 aromatic heterocycles. The number of allylic oxidation sites excluding steroid dienone is 20. The minimum Gasteiger partial charge on any atom is -0.462 e. The molecular weight excluding hydrogens is 791 g/mol. The number of aliphatic hydroxyl groups excluding tert-OH is 2. The molecule has 0 saturated heterocycles. The summed E-state index contributed by atoms with van der Waals surface area (Å²) in [7, 11) is 0. The first-order valence-corrected chi connectivity index (χ1v) is 25.9. The average Bonchev–Trinajstić information content (AvgIpc) is 3.29. The molecule has 0 rings (SSSR count). The Hall–Kier alpha value is -3.74. The molecule has 0 aliphatic rings. The zero-order chi connectivity index (χ0) is 46.7. The summed E-state index contributed by atoms with van der Waals surface area (Å²) in [6.45, 7) is 6.17.